The molecule has 0 radical (unpaired) electrons. The largest absolute Gasteiger partial charge is 0.398 e. The fourth-order valence-corrected chi connectivity index (χ4v) is 3.81. The molecule has 0 saturated heterocycles. The first-order valence-corrected chi connectivity index (χ1v) is 8.08. The van der Waals surface area contributed by atoms with E-state index in [9.17, 15) is 8.42 Å². The zero-order chi connectivity index (χ0) is 15.8. The topological polar surface area (TPSA) is 98.2 Å². The van der Waals surface area contributed by atoms with Crippen LogP contribution in [0.3, 0.4) is 0 Å². The Bertz CT molecular complexity index is 751. The Kier molecular flexibility index (Phi) is 4.27. The second-order valence-corrected chi connectivity index (χ2v) is 6.88. The molecule has 8 heteroatoms. The van der Waals surface area contributed by atoms with Gasteiger partial charge in [0.2, 0.25) is 10.0 Å². The third-order valence-corrected chi connectivity index (χ3v) is 4.95. The molecule has 114 valence electrons. The van der Waals surface area contributed by atoms with Gasteiger partial charge in [-0.1, -0.05) is 16.8 Å². The molecular formula is C13H16ClN3O3S. The average molecular weight is 330 g/mol. The maximum absolute atomic E-state index is 12.4. The van der Waals surface area contributed by atoms with Crippen LogP contribution in [-0.2, 0) is 10.0 Å². The van der Waals surface area contributed by atoms with Crippen molar-refractivity contribution < 1.29 is 12.9 Å². The van der Waals surface area contributed by atoms with Crippen molar-refractivity contribution in [2.75, 3.05) is 5.73 Å². The molecule has 6 nitrogen and oxygen atoms in total. The first kappa shape index (κ1) is 15.8. The Morgan fingerprint density at radius 1 is 1.38 bits per heavy atom. The number of aromatic nitrogens is 1. The number of halogens is 1. The van der Waals surface area contributed by atoms with Crippen LogP contribution in [0.1, 0.15) is 30.0 Å². The summed E-state index contributed by atoms with van der Waals surface area (Å²) in [6, 6.07) is 3.81. The first-order chi connectivity index (χ1) is 9.72. The van der Waals surface area contributed by atoms with Crippen LogP contribution >= 0.6 is 11.6 Å². The summed E-state index contributed by atoms with van der Waals surface area (Å²) in [6.07, 6.45) is 0. The summed E-state index contributed by atoms with van der Waals surface area (Å²) in [5.41, 5.74) is 7.21. The zero-order valence-corrected chi connectivity index (χ0v) is 13.4. The summed E-state index contributed by atoms with van der Waals surface area (Å²) in [5, 5.41) is 4.12. The molecule has 0 bridgehead atoms. The van der Waals surface area contributed by atoms with Gasteiger partial charge in [0.1, 0.15) is 10.7 Å². The number of hydrogen-bond donors (Lipinski definition) is 2. The number of nitrogens with two attached hydrogens (primary N) is 1. The molecule has 1 atom stereocenters. The molecular weight excluding hydrogens is 314 g/mol. The van der Waals surface area contributed by atoms with Crippen molar-refractivity contribution in [1.29, 1.82) is 0 Å². The fraction of sp³-hybridized carbons (Fsp3) is 0.308. The molecule has 2 aromatic rings. The van der Waals surface area contributed by atoms with Crippen LogP contribution in [0.4, 0.5) is 5.69 Å². The molecule has 0 aliphatic carbocycles. The highest BCUT2D eigenvalue weighted by Gasteiger charge is 2.24. The second-order valence-electron chi connectivity index (χ2n) is 4.76. The molecule has 3 N–H and O–H groups in total. The number of nitrogens with one attached hydrogen (secondary N) is 1. The van der Waals surface area contributed by atoms with E-state index in [1.54, 1.807) is 20.8 Å². The van der Waals surface area contributed by atoms with E-state index in [4.69, 9.17) is 21.9 Å². The maximum Gasteiger partial charge on any atom is 0.243 e. The van der Waals surface area contributed by atoms with Gasteiger partial charge in [-0.3, -0.25) is 0 Å². The molecule has 1 heterocycles. The molecule has 1 unspecified atom stereocenters. The lowest BCUT2D eigenvalue weighted by atomic mass is 10.1. The zero-order valence-electron chi connectivity index (χ0n) is 11.8. The third kappa shape index (κ3) is 3.20. The summed E-state index contributed by atoms with van der Waals surface area (Å²) >= 11 is 5.84. The predicted molar refractivity (Wildman–Crippen MR) is 80.6 cm³/mol. The third-order valence-electron chi connectivity index (χ3n) is 3.12. The number of hydrogen-bond acceptors (Lipinski definition) is 5. The van der Waals surface area contributed by atoms with E-state index in [0.717, 1.165) is 0 Å². The van der Waals surface area contributed by atoms with E-state index in [1.165, 1.54) is 18.2 Å². The maximum atomic E-state index is 12.4. The Balaban J connectivity index is 2.36. The van der Waals surface area contributed by atoms with Crippen LogP contribution in [0.5, 0.6) is 0 Å². The molecule has 0 amide bonds. The minimum absolute atomic E-state index is 0.0476. The first-order valence-electron chi connectivity index (χ1n) is 6.22. The van der Waals surface area contributed by atoms with Gasteiger partial charge in [-0.25, -0.2) is 13.1 Å². The van der Waals surface area contributed by atoms with Gasteiger partial charge in [0.05, 0.1) is 11.4 Å². The summed E-state index contributed by atoms with van der Waals surface area (Å²) in [6.45, 7) is 5.20. The molecule has 0 aliphatic heterocycles. The van der Waals surface area contributed by atoms with Crippen LogP contribution in [0.15, 0.2) is 27.6 Å². The van der Waals surface area contributed by atoms with Gasteiger partial charge in [-0.2, -0.15) is 0 Å². The second kappa shape index (κ2) is 5.67. The molecule has 0 fully saturated rings. The van der Waals surface area contributed by atoms with E-state index in [0.29, 0.717) is 22.0 Å². The van der Waals surface area contributed by atoms with Crippen molar-refractivity contribution in [1.82, 2.24) is 9.88 Å². The lowest BCUT2D eigenvalue weighted by Crippen LogP contribution is -2.28. The van der Waals surface area contributed by atoms with Gasteiger partial charge in [0, 0.05) is 16.6 Å². The van der Waals surface area contributed by atoms with Crippen LogP contribution in [-0.4, -0.2) is 13.6 Å². The normalized spacial score (nSPS) is 13.3. The van der Waals surface area contributed by atoms with Gasteiger partial charge in [0.15, 0.2) is 0 Å². The minimum Gasteiger partial charge on any atom is -0.398 e. The van der Waals surface area contributed by atoms with Crippen molar-refractivity contribution in [3.05, 3.63) is 40.2 Å². The standard InChI is InChI=1S/C13H16ClN3O3S/c1-7-13(9(3)20-16-7)8(2)17-21(18,19)12-6-10(14)4-5-11(12)15/h4-6,8,17H,15H2,1-3H3. The number of sulfonamides is 1. The van der Waals surface area contributed by atoms with E-state index in [-0.39, 0.29) is 10.6 Å². The highest BCUT2D eigenvalue weighted by molar-refractivity contribution is 7.89. The lowest BCUT2D eigenvalue weighted by Gasteiger charge is -2.15. The lowest BCUT2D eigenvalue weighted by molar-refractivity contribution is 0.391. The fourth-order valence-electron chi connectivity index (χ4n) is 2.20. The highest BCUT2D eigenvalue weighted by atomic mass is 35.5. The van der Waals surface area contributed by atoms with Crippen LogP contribution < -0.4 is 10.5 Å². The van der Waals surface area contributed by atoms with E-state index >= 15 is 0 Å². The Morgan fingerprint density at radius 3 is 2.62 bits per heavy atom. The Morgan fingerprint density at radius 2 is 2.05 bits per heavy atom. The summed E-state index contributed by atoms with van der Waals surface area (Å²) in [7, 11) is -3.80. The molecule has 0 saturated carbocycles. The van der Waals surface area contributed by atoms with Crippen LogP contribution in [0.25, 0.3) is 0 Å². The molecule has 1 aromatic carbocycles. The van der Waals surface area contributed by atoms with Gasteiger partial charge in [0.25, 0.3) is 0 Å². The SMILES string of the molecule is Cc1noc(C)c1C(C)NS(=O)(=O)c1cc(Cl)ccc1N. The Hall–Kier alpha value is -1.57. The predicted octanol–water partition coefficient (Wildman–Crippen LogP) is 2.57. The molecule has 2 rings (SSSR count). The number of nitrogen functional groups attached to an aromatic ring is 1. The van der Waals surface area contributed by atoms with Crippen molar-refractivity contribution in [3.8, 4) is 0 Å². The quantitative estimate of drug-likeness (QED) is 0.840. The highest BCUT2D eigenvalue weighted by Crippen LogP contribution is 2.26. The van der Waals surface area contributed by atoms with Gasteiger partial charge >= 0.3 is 0 Å². The van der Waals surface area contributed by atoms with E-state index < -0.39 is 16.1 Å². The summed E-state index contributed by atoms with van der Waals surface area (Å²) in [5.74, 6) is 0.571. The summed E-state index contributed by atoms with van der Waals surface area (Å²) in [4.78, 5) is -0.0476. The smallest absolute Gasteiger partial charge is 0.243 e. The van der Waals surface area contributed by atoms with Gasteiger partial charge in [-0.15, -0.1) is 0 Å². The Labute approximate surface area is 128 Å². The monoisotopic (exact) mass is 329 g/mol. The van der Waals surface area contributed by atoms with Crippen molar-refractivity contribution in [3.63, 3.8) is 0 Å². The van der Waals surface area contributed by atoms with E-state index in [2.05, 4.69) is 9.88 Å². The van der Waals surface area contributed by atoms with Gasteiger partial charge in [-0.05, 0) is 39.0 Å². The summed E-state index contributed by atoms with van der Waals surface area (Å²) < 4.78 is 32.5. The van der Waals surface area contributed by atoms with Crippen molar-refractivity contribution in [2.45, 2.75) is 31.7 Å². The molecule has 21 heavy (non-hydrogen) atoms. The van der Waals surface area contributed by atoms with Crippen molar-refractivity contribution >= 4 is 27.3 Å². The number of anilines is 1. The number of nitrogens with zero attached hydrogens (tertiary/aromatic N) is 1. The van der Waals surface area contributed by atoms with Crippen LogP contribution in [0, 0.1) is 13.8 Å². The number of aryl methyl sites for hydroxylation is 2. The van der Waals surface area contributed by atoms with Gasteiger partial charge < -0.3 is 10.3 Å². The van der Waals surface area contributed by atoms with E-state index in [1.807, 2.05) is 0 Å². The molecule has 1 aromatic heterocycles. The van der Waals surface area contributed by atoms with Crippen LogP contribution in [0.2, 0.25) is 5.02 Å². The van der Waals surface area contributed by atoms with Crippen molar-refractivity contribution in [2.24, 2.45) is 0 Å². The molecule has 0 aliphatic rings. The minimum atomic E-state index is -3.80. The number of benzene rings is 1. The average Bonchev–Trinajstić information content (AvgIpc) is 2.71. The molecule has 0 spiro atoms. The number of rotatable bonds is 4.